The third-order valence-electron chi connectivity index (χ3n) is 3.19. The van der Waals surface area contributed by atoms with Crippen LogP contribution in [0.25, 0.3) is 0 Å². The van der Waals surface area contributed by atoms with Gasteiger partial charge in [-0.3, -0.25) is 9.48 Å². The molecule has 0 spiro atoms. The highest BCUT2D eigenvalue weighted by Crippen LogP contribution is 2.10. The van der Waals surface area contributed by atoms with Crippen molar-refractivity contribution in [2.24, 2.45) is 0 Å². The number of nitrogens with one attached hydrogen (secondary N) is 1. The fraction of sp³-hybridized carbons (Fsp3) is 0.412. The SMILES string of the molecule is Cc1ccc(C(=O)Nc2cnn(CCCOC(C)C)c2)cc1. The Bertz CT molecular complexity index is 603. The van der Waals surface area contributed by atoms with E-state index in [-0.39, 0.29) is 12.0 Å². The largest absolute Gasteiger partial charge is 0.379 e. The summed E-state index contributed by atoms with van der Waals surface area (Å²) in [4.78, 5) is 12.1. The molecule has 2 aromatic rings. The number of carbonyl (C=O) groups excluding carboxylic acids is 1. The van der Waals surface area contributed by atoms with Crippen molar-refractivity contribution in [3.8, 4) is 0 Å². The molecule has 0 bridgehead atoms. The summed E-state index contributed by atoms with van der Waals surface area (Å²) in [6.07, 6.45) is 4.64. The lowest BCUT2D eigenvalue weighted by atomic mass is 10.1. The van der Waals surface area contributed by atoms with Crippen LogP contribution in [0.4, 0.5) is 5.69 Å². The zero-order valence-electron chi connectivity index (χ0n) is 13.4. The summed E-state index contributed by atoms with van der Waals surface area (Å²) in [5.74, 6) is -0.123. The molecule has 2 rings (SSSR count). The van der Waals surface area contributed by atoms with Crippen LogP contribution in [0.15, 0.2) is 36.7 Å². The molecule has 118 valence electrons. The molecule has 0 fully saturated rings. The molecule has 1 aromatic carbocycles. The van der Waals surface area contributed by atoms with E-state index < -0.39 is 0 Å². The fourth-order valence-corrected chi connectivity index (χ4v) is 2.00. The van der Waals surface area contributed by atoms with Gasteiger partial charge in [0.05, 0.1) is 18.0 Å². The van der Waals surface area contributed by atoms with E-state index in [0.29, 0.717) is 17.9 Å². The molecule has 1 aromatic heterocycles. The Morgan fingerprint density at radius 3 is 2.73 bits per heavy atom. The Morgan fingerprint density at radius 2 is 2.05 bits per heavy atom. The van der Waals surface area contributed by atoms with Crippen molar-refractivity contribution in [2.75, 3.05) is 11.9 Å². The van der Waals surface area contributed by atoms with Crippen LogP contribution in [0, 0.1) is 6.92 Å². The quantitative estimate of drug-likeness (QED) is 0.799. The maximum absolute atomic E-state index is 12.1. The molecular weight excluding hydrogens is 278 g/mol. The summed E-state index contributed by atoms with van der Waals surface area (Å²) in [7, 11) is 0. The van der Waals surface area contributed by atoms with E-state index in [1.165, 1.54) is 0 Å². The Hall–Kier alpha value is -2.14. The van der Waals surface area contributed by atoms with Crippen molar-refractivity contribution in [2.45, 2.75) is 39.8 Å². The van der Waals surface area contributed by atoms with Gasteiger partial charge in [-0.1, -0.05) is 17.7 Å². The van der Waals surface area contributed by atoms with E-state index in [1.54, 1.807) is 6.20 Å². The highest BCUT2D eigenvalue weighted by atomic mass is 16.5. The van der Waals surface area contributed by atoms with Gasteiger partial charge in [-0.25, -0.2) is 0 Å². The standard InChI is InChI=1S/C17H23N3O2/c1-13(2)22-10-4-9-20-12-16(11-18-20)19-17(21)15-7-5-14(3)6-8-15/h5-8,11-13H,4,9-10H2,1-3H3,(H,19,21). The molecule has 0 aliphatic carbocycles. The lowest BCUT2D eigenvalue weighted by molar-refractivity contribution is 0.0743. The second-order valence-electron chi connectivity index (χ2n) is 5.59. The lowest BCUT2D eigenvalue weighted by Gasteiger charge is -2.07. The monoisotopic (exact) mass is 301 g/mol. The number of rotatable bonds is 7. The molecule has 0 saturated carbocycles. The zero-order valence-corrected chi connectivity index (χ0v) is 13.4. The smallest absolute Gasteiger partial charge is 0.255 e. The molecule has 0 aliphatic heterocycles. The minimum Gasteiger partial charge on any atom is -0.379 e. The van der Waals surface area contributed by atoms with Crippen molar-refractivity contribution < 1.29 is 9.53 Å². The van der Waals surface area contributed by atoms with Crippen molar-refractivity contribution >= 4 is 11.6 Å². The van der Waals surface area contributed by atoms with Gasteiger partial charge in [-0.05, 0) is 39.3 Å². The minimum atomic E-state index is -0.123. The maximum Gasteiger partial charge on any atom is 0.255 e. The second kappa shape index (κ2) is 7.75. The lowest BCUT2D eigenvalue weighted by Crippen LogP contribution is -2.11. The van der Waals surface area contributed by atoms with E-state index in [4.69, 9.17) is 4.74 Å². The number of aromatic nitrogens is 2. The number of amides is 1. The molecule has 5 nitrogen and oxygen atoms in total. The number of aryl methyl sites for hydroxylation is 2. The van der Waals surface area contributed by atoms with Gasteiger partial charge in [0.1, 0.15) is 0 Å². The predicted molar refractivity (Wildman–Crippen MR) is 87.1 cm³/mol. The first-order valence-electron chi connectivity index (χ1n) is 7.56. The van der Waals surface area contributed by atoms with Crippen LogP contribution in [0.5, 0.6) is 0 Å². The molecule has 22 heavy (non-hydrogen) atoms. The van der Waals surface area contributed by atoms with Crippen molar-refractivity contribution in [3.05, 3.63) is 47.8 Å². The summed E-state index contributed by atoms with van der Waals surface area (Å²) in [5, 5.41) is 7.09. The van der Waals surface area contributed by atoms with Gasteiger partial charge in [-0.15, -0.1) is 0 Å². The van der Waals surface area contributed by atoms with Crippen LogP contribution in [0.2, 0.25) is 0 Å². The van der Waals surface area contributed by atoms with Crippen LogP contribution < -0.4 is 5.32 Å². The topological polar surface area (TPSA) is 56.2 Å². The number of hydrogen-bond acceptors (Lipinski definition) is 3. The summed E-state index contributed by atoms with van der Waals surface area (Å²) in [5.41, 5.74) is 2.48. The number of benzene rings is 1. The van der Waals surface area contributed by atoms with Gasteiger partial charge < -0.3 is 10.1 Å². The minimum absolute atomic E-state index is 0.123. The van der Waals surface area contributed by atoms with Gasteiger partial charge >= 0.3 is 0 Å². The van der Waals surface area contributed by atoms with Crippen molar-refractivity contribution in [3.63, 3.8) is 0 Å². The first-order valence-corrected chi connectivity index (χ1v) is 7.56. The number of ether oxygens (including phenoxy) is 1. The first-order chi connectivity index (χ1) is 10.5. The number of hydrogen-bond donors (Lipinski definition) is 1. The summed E-state index contributed by atoms with van der Waals surface area (Å²) < 4.78 is 7.31. The predicted octanol–water partition coefficient (Wildman–Crippen LogP) is 3.26. The third-order valence-corrected chi connectivity index (χ3v) is 3.19. The van der Waals surface area contributed by atoms with E-state index in [1.807, 2.05) is 55.9 Å². The highest BCUT2D eigenvalue weighted by molar-refractivity contribution is 6.04. The normalized spacial score (nSPS) is 10.9. The summed E-state index contributed by atoms with van der Waals surface area (Å²) in [6, 6.07) is 7.48. The van der Waals surface area contributed by atoms with Crippen molar-refractivity contribution in [1.29, 1.82) is 0 Å². The van der Waals surface area contributed by atoms with E-state index in [9.17, 15) is 4.79 Å². The Kier molecular flexibility index (Phi) is 5.72. The van der Waals surface area contributed by atoms with Crippen LogP contribution in [-0.4, -0.2) is 28.4 Å². The van der Waals surface area contributed by atoms with Crippen LogP contribution in [0.1, 0.15) is 36.2 Å². The molecule has 1 N–H and O–H groups in total. The molecule has 0 aliphatic rings. The molecule has 0 unspecified atom stereocenters. The Labute approximate surface area is 131 Å². The summed E-state index contributed by atoms with van der Waals surface area (Å²) in [6.45, 7) is 7.52. The third kappa shape index (κ3) is 5.00. The van der Waals surface area contributed by atoms with Crippen molar-refractivity contribution in [1.82, 2.24) is 9.78 Å². The van der Waals surface area contributed by atoms with E-state index in [2.05, 4.69) is 10.4 Å². The van der Waals surface area contributed by atoms with Crippen LogP contribution in [0.3, 0.4) is 0 Å². The zero-order chi connectivity index (χ0) is 15.9. The summed E-state index contributed by atoms with van der Waals surface area (Å²) >= 11 is 0. The Morgan fingerprint density at radius 1 is 1.32 bits per heavy atom. The van der Waals surface area contributed by atoms with E-state index in [0.717, 1.165) is 18.5 Å². The molecule has 0 atom stereocenters. The average Bonchev–Trinajstić information content (AvgIpc) is 2.91. The number of anilines is 1. The van der Waals surface area contributed by atoms with E-state index >= 15 is 0 Å². The van der Waals surface area contributed by atoms with Gasteiger partial charge in [0.15, 0.2) is 0 Å². The van der Waals surface area contributed by atoms with Gasteiger partial charge in [-0.2, -0.15) is 5.10 Å². The van der Waals surface area contributed by atoms with Crippen LogP contribution in [-0.2, 0) is 11.3 Å². The fourth-order valence-electron chi connectivity index (χ4n) is 2.00. The second-order valence-corrected chi connectivity index (χ2v) is 5.59. The van der Waals surface area contributed by atoms with Gasteiger partial charge in [0, 0.05) is 24.9 Å². The van der Waals surface area contributed by atoms with Crippen LogP contribution >= 0.6 is 0 Å². The van der Waals surface area contributed by atoms with Gasteiger partial charge in [0.25, 0.3) is 5.91 Å². The molecule has 0 saturated heterocycles. The molecular formula is C17H23N3O2. The number of carbonyl (C=O) groups is 1. The molecule has 1 amide bonds. The molecule has 1 heterocycles. The highest BCUT2D eigenvalue weighted by Gasteiger charge is 2.07. The Balaban J connectivity index is 1.83. The molecule has 0 radical (unpaired) electrons. The maximum atomic E-state index is 12.1. The molecule has 5 heteroatoms. The van der Waals surface area contributed by atoms with Gasteiger partial charge in [0.2, 0.25) is 0 Å². The number of nitrogens with zero attached hydrogens (tertiary/aromatic N) is 2. The average molecular weight is 301 g/mol. The first kappa shape index (κ1) is 16.2.